The molecular weight excluding hydrogens is 510 g/mol. The number of amides is 1. The zero-order chi connectivity index (χ0) is 26.2. The number of fused-ring (bicyclic) bond motifs is 2. The average molecular weight is 536 g/mol. The van der Waals surface area contributed by atoms with Crippen molar-refractivity contribution < 1.29 is 4.79 Å². The zero-order valence-corrected chi connectivity index (χ0v) is 21.8. The molecule has 0 saturated carbocycles. The summed E-state index contributed by atoms with van der Waals surface area (Å²) in [6.07, 6.45) is 9.53. The Bertz CT molecular complexity index is 1780. The molecule has 39 heavy (non-hydrogen) atoms. The molecule has 7 heterocycles. The molecule has 1 saturated heterocycles. The first-order valence-electron chi connectivity index (χ1n) is 12.9. The minimum atomic E-state index is 0.0164. The van der Waals surface area contributed by atoms with Gasteiger partial charge in [0.15, 0.2) is 5.82 Å². The van der Waals surface area contributed by atoms with Crippen LogP contribution in [0.4, 0.5) is 5.69 Å². The largest absolute Gasteiger partial charge is 0.336 e. The van der Waals surface area contributed by atoms with Crippen LogP contribution in [0.2, 0.25) is 0 Å². The molecule has 10 nitrogen and oxygen atoms in total. The Labute approximate surface area is 227 Å². The van der Waals surface area contributed by atoms with E-state index in [4.69, 9.17) is 4.98 Å². The van der Waals surface area contributed by atoms with Crippen LogP contribution >= 0.6 is 11.3 Å². The zero-order valence-electron chi connectivity index (χ0n) is 20.9. The summed E-state index contributed by atoms with van der Waals surface area (Å²) in [4.78, 5) is 35.5. The van der Waals surface area contributed by atoms with Crippen LogP contribution in [0.25, 0.3) is 55.3 Å². The lowest BCUT2D eigenvalue weighted by Gasteiger charge is -2.21. The normalized spacial score (nSPS) is 14.3. The lowest BCUT2D eigenvalue weighted by Crippen LogP contribution is -2.30. The first kappa shape index (κ1) is 23.6. The number of pyridine rings is 3. The smallest absolute Gasteiger partial charge is 0.224 e. The molecule has 6 aromatic rings. The molecule has 0 aromatic carbocycles. The van der Waals surface area contributed by atoms with Crippen molar-refractivity contribution in [2.75, 3.05) is 18.4 Å². The number of hydrogen-bond acceptors (Lipinski definition) is 8. The van der Waals surface area contributed by atoms with Crippen molar-refractivity contribution in [1.82, 2.24) is 40.4 Å². The Balaban J connectivity index is 1.19. The molecule has 0 radical (unpaired) electrons. The summed E-state index contributed by atoms with van der Waals surface area (Å²) < 4.78 is 0. The number of thiophene rings is 1. The van der Waals surface area contributed by atoms with E-state index in [-0.39, 0.29) is 5.91 Å². The number of piperidine rings is 1. The summed E-state index contributed by atoms with van der Waals surface area (Å²) in [6, 6.07) is 9.84. The number of rotatable bonds is 6. The van der Waals surface area contributed by atoms with Gasteiger partial charge in [-0.3, -0.25) is 24.8 Å². The van der Waals surface area contributed by atoms with E-state index >= 15 is 0 Å². The van der Waals surface area contributed by atoms with Gasteiger partial charge in [0, 0.05) is 29.8 Å². The Morgan fingerprint density at radius 3 is 2.85 bits per heavy atom. The van der Waals surface area contributed by atoms with Gasteiger partial charge in [0.05, 0.1) is 39.7 Å². The van der Waals surface area contributed by atoms with Gasteiger partial charge in [-0.15, -0.1) is 11.3 Å². The maximum absolute atomic E-state index is 12.6. The fourth-order valence-electron chi connectivity index (χ4n) is 5.10. The number of carbonyl (C=O) groups is 1. The van der Waals surface area contributed by atoms with Crippen LogP contribution in [0.3, 0.4) is 0 Å². The lowest BCUT2D eigenvalue weighted by atomic mass is 9.94. The van der Waals surface area contributed by atoms with Crippen molar-refractivity contribution in [2.24, 2.45) is 5.92 Å². The Morgan fingerprint density at radius 1 is 1.05 bits per heavy atom. The van der Waals surface area contributed by atoms with E-state index < -0.39 is 0 Å². The highest BCUT2D eigenvalue weighted by Gasteiger charge is 2.19. The number of aromatic nitrogens is 7. The molecule has 1 aliphatic heterocycles. The lowest BCUT2D eigenvalue weighted by molar-refractivity contribution is -0.117. The quantitative estimate of drug-likeness (QED) is 0.235. The number of imidazole rings is 1. The number of aromatic amines is 2. The summed E-state index contributed by atoms with van der Waals surface area (Å²) >= 11 is 1.63. The fraction of sp³-hybridized carbons (Fsp3) is 0.214. The van der Waals surface area contributed by atoms with Gasteiger partial charge in [-0.25, -0.2) is 4.98 Å². The van der Waals surface area contributed by atoms with Gasteiger partial charge >= 0.3 is 0 Å². The maximum Gasteiger partial charge on any atom is 0.224 e. The Morgan fingerprint density at radius 2 is 1.97 bits per heavy atom. The minimum Gasteiger partial charge on any atom is -0.336 e. The number of anilines is 1. The molecule has 6 aromatic heterocycles. The molecule has 1 amide bonds. The topological polar surface area (TPSA) is 137 Å². The highest BCUT2D eigenvalue weighted by Crippen LogP contribution is 2.33. The van der Waals surface area contributed by atoms with E-state index in [1.54, 1.807) is 36.1 Å². The number of hydrogen-bond donors (Lipinski definition) is 4. The highest BCUT2D eigenvalue weighted by atomic mass is 32.1. The molecule has 0 atom stereocenters. The summed E-state index contributed by atoms with van der Waals surface area (Å²) in [6.45, 7) is 1.94. The van der Waals surface area contributed by atoms with Gasteiger partial charge in [0.1, 0.15) is 16.9 Å². The van der Waals surface area contributed by atoms with Crippen molar-refractivity contribution in [3.05, 3.63) is 60.5 Å². The van der Waals surface area contributed by atoms with Crippen molar-refractivity contribution in [1.29, 1.82) is 0 Å². The van der Waals surface area contributed by atoms with Gasteiger partial charge < -0.3 is 15.6 Å². The standard InChI is InChI=1S/C28H25N9OS/c38-24(10-16-3-6-29-7-4-16)33-18-11-17(13-30-14-18)21-12-19-22(15-32-21)36-37-25(19)28-34-20-5-8-31-27(26(20)35-28)23-2-1-9-39-23/h1-2,5,8-9,11-16,29H,3-4,6-7,10H2,(H,33,38)(H,34,35)(H,36,37). The Hall–Kier alpha value is -4.48. The van der Waals surface area contributed by atoms with Crippen LogP contribution in [0.15, 0.2) is 60.5 Å². The van der Waals surface area contributed by atoms with Gasteiger partial charge in [0.2, 0.25) is 5.91 Å². The minimum absolute atomic E-state index is 0.0164. The third-order valence-electron chi connectivity index (χ3n) is 7.08. The van der Waals surface area contributed by atoms with Gasteiger partial charge in [-0.2, -0.15) is 5.10 Å². The molecule has 0 unspecified atom stereocenters. The van der Waals surface area contributed by atoms with E-state index in [0.717, 1.165) is 69.7 Å². The first-order valence-corrected chi connectivity index (χ1v) is 13.8. The van der Waals surface area contributed by atoms with Crippen LogP contribution in [-0.2, 0) is 4.79 Å². The van der Waals surface area contributed by atoms with Crippen molar-refractivity contribution in [3.8, 4) is 33.3 Å². The van der Waals surface area contributed by atoms with Crippen molar-refractivity contribution in [3.63, 3.8) is 0 Å². The van der Waals surface area contributed by atoms with Crippen LogP contribution in [0.5, 0.6) is 0 Å². The number of nitrogens with one attached hydrogen (secondary N) is 4. The molecule has 4 N–H and O–H groups in total. The molecular formula is C28H25N9OS. The van der Waals surface area contributed by atoms with Crippen LogP contribution in [-0.4, -0.2) is 54.1 Å². The van der Waals surface area contributed by atoms with E-state index in [0.29, 0.717) is 29.5 Å². The number of H-pyrrole nitrogens is 2. The van der Waals surface area contributed by atoms with Crippen molar-refractivity contribution in [2.45, 2.75) is 19.3 Å². The number of carbonyl (C=O) groups excluding carboxylic acids is 1. The van der Waals surface area contributed by atoms with Crippen LogP contribution in [0.1, 0.15) is 19.3 Å². The third kappa shape index (κ3) is 4.66. The SMILES string of the molecule is O=C(CC1CCNCC1)Nc1cncc(-c2cc3c(-c4nc5c(-c6cccs6)nccc5[nH]4)n[nH]c3cn2)c1. The van der Waals surface area contributed by atoms with Crippen molar-refractivity contribution >= 4 is 44.9 Å². The third-order valence-corrected chi connectivity index (χ3v) is 7.95. The van der Waals surface area contributed by atoms with E-state index in [1.165, 1.54) is 0 Å². The highest BCUT2D eigenvalue weighted by molar-refractivity contribution is 7.13. The number of nitrogens with zero attached hydrogens (tertiary/aromatic N) is 5. The second kappa shape index (κ2) is 10.0. The second-order valence-corrected chi connectivity index (χ2v) is 10.7. The average Bonchev–Trinajstić information content (AvgIpc) is 3.73. The van der Waals surface area contributed by atoms with Crippen LogP contribution in [0, 0.1) is 5.92 Å². The van der Waals surface area contributed by atoms with E-state index in [9.17, 15) is 4.79 Å². The molecule has 0 bridgehead atoms. The molecule has 11 heteroatoms. The Kier molecular flexibility index (Phi) is 6.06. The summed E-state index contributed by atoms with van der Waals surface area (Å²) in [7, 11) is 0. The summed E-state index contributed by atoms with van der Waals surface area (Å²) in [5.41, 5.74) is 6.22. The predicted octanol–water partition coefficient (Wildman–Crippen LogP) is 5.01. The predicted molar refractivity (Wildman–Crippen MR) is 152 cm³/mol. The summed E-state index contributed by atoms with van der Waals surface area (Å²) in [5.74, 6) is 1.08. The monoisotopic (exact) mass is 535 g/mol. The molecule has 1 fully saturated rings. The molecule has 0 spiro atoms. The maximum atomic E-state index is 12.6. The second-order valence-electron chi connectivity index (χ2n) is 9.71. The fourth-order valence-corrected chi connectivity index (χ4v) is 5.83. The molecule has 1 aliphatic rings. The van der Waals surface area contributed by atoms with E-state index in [2.05, 4.69) is 40.8 Å². The van der Waals surface area contributed by atoms with Crippen LogP contribution < -0.4 is 10.6 Å². The van der Waals surface area contributed by atoms with Gasteiger partial charge in [0.25, 0.3) is 0 Å². The van der Waals surface area contributed by atoms with Gasteiger partial charge in [-0.1, -0.05) is 6.07 Å². The summed E-state index contributed by atoms with van der Waals surface area (Å²) in [5, 5.41) is 16.9. The molecule has 0 aliphatic carbocycles. The first-order chi connectivity index (χ1) is 19.2. The van der Waals surface area contributed by atoms with E-state index in [1.807, 2.05) is 35.7 Å². The molecule has 7 rings (SSSR count). The molecule has 194 valence electrons. The van der Waals surface area contributed by atoms with Gasteiger partial charge in [-0.05, 0) is 61.5 Å².